The van der Waals surface area contributed by atoms with Gasteiger partial charge in [-0.15, -0.1) is 0 Å². The molecule has 0 unspecified atom stereocenters. The average Bonchev–Trinajstić information content (AvgIpc) is 3.38. The maximum absolute atomic E-state index is 5.42. The Bertz CT molecular complexity index is 1390. The molecule has 0 aliphatic carbocycles. The molecule has 5 rings (SSSR count). The van der Waals surface area contributed by atoms with Crippen molar-refractivity contribution in [2.75, 3.05) is 7.11 Å². The largest absolute Gasteiger partial charge is 0.497 e. The Kier molecular flexibility index (Phi) is 6.76. The van der Waals surface area contributed by atoms with Crippen molar-refractivity contribution in [3.05, 3.63) is 121 Å². The van der Waals surface area contributed by atoms with E-state index in [1.807, 2.05) is 29.1 Å². The number of rotatable bonds is 8. The maximum Gasteiger partial charge on any atom is 0.118 e. The van der Waals surface area contributed by atoms with Gasteiger partial charge in [0.2, 0.25) is 0 Å². The summed E-state index contributed by atoms with van der Waals surface area (Å²) in [7, 11) is 1.71. The summed E-state index contributed by atoms with van der Waals surface area (Å²) >= 11 is 0. The van der Waals surface area contributed by atoms with Crippen molar-refractivity contribution in [2.45, 2.75) is 26.3 Å². The fraction of sp³-hybridized carbons (Fsp3) is 0.156. The van der Waals surface area contributed by atoms with Crippen LogP contribution < -0.4 is 4.74 Å². The molecule has 5 aromatic rings. The lowest BCUT2D eigenvalue weighted by atomic mass is 9.86. The standard InChI is InChI=1S/C32H30N2O/c1-3-10-25-19-30(26-15-17-29(35-2)18-16-26)32(27-13-8-5-9-14-27)31(20-25)28-21-33-34(23-28)22-24-11-6-4-7-12-24/h4-9,11-21,23H,3,10,22H2,1-2H3. The van der Waals surface area contributed by atoms with Crippen LogP contribution in [0.1, 0.15) is 24.5 Å². The van der Waals surface area contributed by atoms with Gasteiger partial charge in [-0.3, -0.25) is 4.68 Å². The molecule has 35 heavy (non-hydrogen) atoms. The lowest BCUT2D eigenvalue weighted by Crippen LogP contribution is -1.99. The molecule has 0 spiro atoms. The minimum absolute atomic E-state index is 0.751. The Balaban J connectivity index is 1.68. The van der Waals surface area contributed by atoms with E-state index in [0.29, 0.717) is 0 Å². The first-order chi connectivity index (χ1) is 17.2. The molecule has 0 radical (unpaired) electrons. The highest BCUT2D eigenvalue weighted by Gasteiger charge is 2.17. The van der Waals surface area contributed by atoms with Crippen molar-refractivity contribution in [1.82, 2.24) is 9.78 Å². The topological polar surface area (TPSA) is 27.1 Å². The molecular weight excluding hydrogens is 428 g/mol. The molecule has 0 aliphatic heterocycles. The summed E-state index contributed by atoms with van der Waals surface area (Å²) in [6.07, 6.45) is 6.30. The highest BCUT2D eigenvalue weighted by Crippen LogP contribution is 2.41. The van der Waals surface area contributed by atoms with E-state index >= 15 is 0 Å². The lowest BCUT2D eigenvalue weighted by Gasteiger charge is -2.18. The Hall–Kier alpha value is -4.11. The molecule has 3 heteroatoms. The molecule has 0 amide bonds. The van der Waals surface area contributed by atoms with Crippen molar-refractivity contribution >= 4 is 0 Å². The third kappa shape index (κ3) is 5.04. The van der Waals surface area contributed by atoms with Crippen LogP contribution in [0, 0.1) is 0 Å². The van der Waals surface area contributed by atoms with Crippen molar-refractivity contribution in [1.29, 1.82) is 0 Å². The summed E-state index contributed by atoms with van der Waals surface area (Å²) in [6, 6.07) is 34.2. The molecule has 0 saturated heterocycles. The second-order valence-corrected chi connectivity index (χ2v) is 8.82. The van der Waals surface area contributed by atoms with E-state index in [9.17, 15) is 0 Å². The normalized spacial score (nSPS) is 10.9. The first-order valence-electron chi connectivity index (χ1n) is 12.2. The number of methoxy groups -OCH3 is 1. The van der Waals surface area contributed by atoms with Crippen LogP contribution in [-0.2, 0) is 13.0 Å². The molecule has 174 valence electrons. The van der Waals surface area contributed by atoms with Crippen LogP contribution in [0.25, 0.3) is 33.4 Å². The number of hydrogen-bond acceptors (Lipinski definition) is 2. The quantitative estimate of drug-likeness (QED) is 0.236. The second-order valence-electron chi connectivity index (χ2n) is 8.82. The number of aryl methyl sites for hydroxylation is 1. The SMILES string of the molecule is CCCc1cc(-c2ccc(OC)cc2)c(-c2ccccc2)c(-c2cnn(Cc3ccccc3)c2)c1. The lowest BCUT2D eigenvalue weighted by molar-refractivity contribution is 0.415. The van der Waals surface area contributed by atoms with Crippen molar-refractivity contribution < 1.29 is 4.74 Å². The summed E-state index contributed by atoms with van der Waals surface area (Å²) in [5, 5.41) is 4.72. The number of ether oxygens (including phenoxy) is 1. The van der Waals surface area contributed by atoms with Crippen LogP contribution in [0.4, 0.5) is 0 Å². The van der Waals surface area contributed by atoms with E-state index in [1.165, 1.54) is 38.9 Å². The van der Waals surface area contributed by atoms with Gasteiger partial charge in [0, 0.05) is 11.8 Å². The highest BCUT2D eigenvalue weighted by atomic mass is 16.5. The third-order valence-electron chi connectivity index (χ3n) is 6.33. The molecule has 0 saturated carbocycles. The molecule has 1 aromatic heterocycles. The van der Waals surface area contributed by atoms with Crippen LogP contribution in [0.15, 0.2) is 109 Å². The maximum atomic E-state index is 5.42. The van der Waals surface area contributed by atoms with E-state index in [4.69, 9.17) is 9.84 Å². The molecule has 0 N–H and O–H groups in total. The predicted octanol–water partition coefficient (Wildman–Crippen LogP) is 7.89. The Morgan fingerprint density at radius 1 is 0.714 bits per heavy atom. The number of aromatic nitrogens is 2. The third-order valence-corrected chi connectivity index (χ3v) is 6.33. The van der Waals surface area contributed by atoms with Gasteiger partial charge in [0.15, 0.2) is 0 Å². The van der Waals surface area contributed by atoms with E-state index in [-0.39, 0.29) is 0 Å². The van der Waals surface area contributed by atoms with Crippen LogP contribution in [0.5, 0.6) is 5.75 Å². The van der Waals surface area contributed by atoms with Gasteiger partial charge in [0.05, 0.1) is 19.9 Å². The Morgan fingerprint density at radius 3 is 2.03 bits per heavy atom. The van der Waals surface area contributed by atoms with Crippen LogP contribution in [0.3, 0.4) is 0 Å². The summed E-state index contributed by atoms with van der Waals surface area (Å²) in [4.78, 5) is 0. The first kappa shape index (κ1) is 22.7. The van der Waals surface area contributed by atoms with E-state index < -0.39 is 0 Å². The zero-order valence-corrected chi connectivity index (χ0v) is 20.3. The average molecular weight is 459 g/mol. The van der Waals surface area contributed by atoms with Gasteiger partial charge in [0.1, 0.15) is 5.75 Å². The number of benzene rings is 4. The van der Waals surface area contributed by atoms with Gasteiger partial charge in [-0.1, -0.05) is 98.3 Å². The molecule has 3 nitrogen and oxygen atoms in total. The van der Waals surface area contributed by atoms with E-state index in [1.54, 1.807) is 7.11 Å². The van der Waals surface area contributed by atoms with E-state index in [0.717, 1.165) is 30.7 Å². The molecule has 0 fully saturated rings. The highest BCUT2D eigenvalue weighted by molar-refractivity contribution is 5.95. The molecule has 1 heterocycles. The van der Waals surface area contributed by atoms with Crippen molar-refractivity contribution in [3.63, 3.8) is 0 Å². The Morgan fingerprint density at radius 2 is 1.37 bits per heavy atom. The molecule has 0 aliphatic rings. The molecular formula is C32H30N2O. The smallest absolute Gasteiger partial charge is 0.118 e. The minimum Gasteiger partial charge on any atom is -0.497 e. The summed E-state index contributed by atoms with van der Waals surface area (Å²) < 4.78 is 7.44. The molecule has 0 atom stereocenters. The molecule has 4 aromatic carbocycles. The Labute approximate surface area is 207 Å². The van der Waals surface area contributed by atoms with Crippen molar-refractivity contribution in [3.8, 4) is 39.1 Å². The minimum atomic E-state index is 0.751. The van der Waals surface area contributed by atoms with Crippen LogP contribution >= 0.6 is 0 Å². The van der Waals surface area contributed by atoms with Crippen molar-refractivity contribution in [2.24, 2.45) is 0 Å². The zero-order valence-electron chi connectivity index (χ0n) is 20.3. The monoisotopic (exact) mass is 458 g/mol. The second kappa shape index (κ2) is 10.4. The van der Waals surface area contributed by atoms with Crippen LogP contribution in [0.2, 0.25) is 0 Å². The van der Waals surface area contributed by atoms with Gasteiger partial charge in [-0.25, -0.2) is 0 Å². The van der Waals surface area contributed by atoms with Gasteiger partial charge >= 0.3 is 0 Å². The van der Waals surface area contributed by atoms with E-state index in [2.05, 4.69) is 92.0 Å². The summed E-state index contributed by atoms with van der Waals surface area (Å²) in [5.74, 6) is 0.863. The van der Waals surface area contributed by atoms with Gasteiger partial charge in [-0.05, 0) is 57.5 Å². The number of nitrogens with zero attached hydrogens (tertiary/aromatic N) is 2. The van der Waals surface area contributed by atoms with Gasteiger partial charge in [-0.2, -0.15) is 5.10 Å². The van der Waals surface area contributed by atoms with Gasteiger partial charge in [0.25, 0.3) is 0 Å². The predicted molar refractivity (Wildman–Crippen MR) is 145 cm³/mol. The van der Waals surface area contributed by atoms with Gasteiger partial charge < -0.3 is 4.74 Å². The summed E-state index contributed by atoms with van der Waals surface area (Å²) in [5.41, 5.74) is 9.77. The zero-order chi connectivity index (χ0) is 24.0. The van der Waals surface area contributed by atoms with Crippen LogP contribution in [-0.4, -0.2) is 16.9 Å². The fourth-order valence-electron chi connectivity index (χ4n) is 4.64. The fourth-order valence-corrected chi connectivity index (χ4v) is 4.64. The number of hydrogen-bond donors (Lipinski definition) is 0. The summed E-state index contributed by atoms with van der Waals surface area (Å²) in [6.45, 7) is 2.98. The molecule has 0 bridgehead atoms. The first-order valence-corrected chi connectivity index (χ1v) is 12.2.